The number of amides is 1. The fourth-order valence-corrected chi connectivity index (χ4v) is 8.77. The number of carboxylic acids is 1. The minimum Gasteiger partial charge on any atom is -0.480 e. The van der Waals surface area contributed by atoms with Gasteiger partial charge in [-0.25, -0.2) is 0 Å². The van der Waals surface area contributed by atoms with Gasteiger partial charge in [-0.3, -0.25) is 9.59 Å². The maximum Gasteiger partial charge on any atom is 0.325 e. The molecule has 6 nitrogen and oxygen atoms in total. The number of rotatable bonds is 6. The third-order valence-electron chi connectivity index (χ3n) is 10.6. The molecule has 0 radical (unpaired) electrons. The molecular formula is C26H44N2O4. The van der Waals surface area contributed by atoms with Crippen LogP contribution < -0.4 is 10.6 Å². The van der Waals surface area contributed by atoms with E-state index in [0.29, 0.717) is 47.3 Å². The summed E-state index contributed by atoms with van der Waals surface area (Å²) in [5.74, 6) is 2.07. The van der Waals surface area contributed by atoms with Crippen molar-refractivity contribution in [1.82, 2.24) is 10.6 Å². The first-order valence-corrected chi connectivity index (χ1v) is 13.0. The topological polar surface area (TPSA) is 98.7 Å². The van der Waals surface area contributed by atoms with Crippen LogP contribution in [0.15, 0.2) is 0 Å². The molecular weight excluding hydrogens is 404 g/mol. The number of fused-ring (bicyclic) bond motifs is 5. The van der Waals surface area contributed by atoms with Crippen molar-refractivity contribution in [2.45, 2.75) is 91.2 Å². The summed E-state index contributed by atoms with van der Waals surface area (Å²) in [4.78, 5) is 23.2. The second kappa shape index (κ2) is 8.90. The SMILES string of the molecule is C[C@H](NC(=O)CC[C@@H](C)[C@H]1CC[C@H]2[C@@H]3[C@@H](O)C[C@@H]4CNCC[C@]4(C)[C@H]3CC[C@]12C)C(=O)O. The van der Waals surface area contributed by atoms with Gasteiger partial charge in [-0.05, 0) is 111 Å². The van der Waals surface area contributed by atoms with Crippen molar-refractivity contribution in [3.63, 3.8) is 0 Å². The third-order valence-corrected chi connectivity index (χ3v) is 10.6. The fourth-order valence-electron chi connectivity index (χ4n) is 8.77. The van der Waals surface area contributed by atoms with Gasteiger partial charge in [0.25, 0.3) is 0 Å². The molecule has 0 aromatic carbocycles. The Morgan fingerprint density at radius 3 is 2.53 bits per heavy atom. The second-order valence-corrected chi connectivity index (χ2v) is 12.1. The molecule has 6 heteroatoms. The van der Waals surface area contributed by atoms with Gasteiger partial charge >= 0.3 is 5.97 Å². The van der Waals surface area contributed by atoms with Gasteiger partial charge in [-0.1, -0.05) is 20.8 Å². The van der Waals surface area contributed by atoms with Gasteiger partial charge < -0.3 is 20.8 Å². The molecule has 1 aliphatic heterocycles. The molecule has 1 amide bonds. The molecule has 3 aliphatic carbocycles. The summed E-state index contributed by atoms with van der Waals surface area (Å²) in [7, 11) is 0. The summed E-state index contributed by atoms with van der Waals surface area (Å²) in [6.07, 6.45) is 8.03. The van der Waals surface area contributed by atoms with Crippen molar-refractivity contribution in [2.24, 2.45) is 46.3 Å². The van der Waals surface area contributed by atoms with Crippen molar-refractivity contribution < 1.29 is 19.8 Å². The number of piperidine rings is 1. The quantitative estimate of drug-likeness (QED) is 0.499. The number of hydrogen-bond acceptors (Lipinski definition) is 4. The molecule has 0 aromatic heterocycles. The molecule has 182 valence electrons. The van der Waals surface area contributed by atoms with Crippen molar-refractivity contribution in [2.75, 3.05) is 13.1 Å². The van der Waals surface area contributed by atoms with E-state index in [-0.39, 0.29) is 17.4 Å². The van der Waals surface area contributed by atoms with Crippen LogP contribution in [0.2, 0.25) is 0 Å². The number of aliphatic hydroxyl groups excluding tert-OH is 1. The zero-order chi connectivity index (χ0) is 23.3. The Labute approximate surface area is 193 Å². The minimum absolute atomic E-state index is 0.164. The van der Waals surface area contributed by atoms with Gasteiger partial charge in [0, 0.05) is 6.42 Å². The van der Waals surface area contributed by atoms with Gasteiger partial charge in [-0.15, -0.1) is 0 Å². The highest BCUT2D eigenvalue weighted by Gasteiger charge is 2.62. The Balaban J connectivity index is 1.43. The normalized spacial score (nSPS) is 45.2. The molecule has 32 heavy (non-hydrogen) atoms. The van der Waals surface area contributed by atoms with Crippen LogP contribution in [0.25, 0.3) is 0 Å². The molecule has 4 N–H and O–H groups in total. The van der Waals surface area contributed by atoms with Crippen LogP contribution in [0.3, 0.4) is 0 Å². The summed E-state index contributed by atoms with van der Waals surface area (Å²) in [6.45, 7) is 10.9. The average Bonchev–Trinajstić information content (AvgIpc) is 3.09. The van der Waals surface area contributed by atoms with Crippen molar-refractivity contribution in [1.29, 1.82) is 0 Å². The van der Waals surface area contributed by atoms with E-state index in [1.54, 1.807) is 0 Å². The summed E-state index contributed by atoms with van der Waals surface area (Å²) in [5.41, 5.74) is 0.599. The highest BCUT2D eigenvalue weighted by molar-refractivity contribution is 5.83. The summed E-state index contributed by atoms with van der Waals surface area (Å²) < 4.78 is 0. The Bertz CT molecular complexity index is 729. The smallest absolute Gasteiger partial charge is 0.325 e. The van der Waals surface area contributed by atoms with Crippen LogP contribution in [0, 0.1) is 46.3 Å². The molecule has 1 saturated heterocycles. The molecule has 0 spiro atoms. The lowest BCUT2D eigenvalue weighted by Crippen LogP contribution is -2.60. The number of carbonyl (C=O) groups is 2. The van der Waals surface area contributed by atoms with E-state index in [4.69, 9.17) is 5.11 Å². The Hall–Kier alpha value is -1.14. The Kier molecular flexibility index (Phi) is 6.68. The summed E-state index contributed by atoms with van der Waals surface area (Å²) in [6, 6.07) is -0.838. The van der Waals surface area contributed by atoms with E-state index in [9.17, 15) is 14.7 Å². The standard InChI is InChI=1S/C26H44N2O4/c1-15(5-8-22(30)28-16(2)24(31)32)18-6-7-19-23-20(9-10-26(18,19)4)25(3)11-12-27-14-17(25)13-21(23)29/h15-21,23,27,29H,5-14H2,1-4H3,(H,28,30)(H,31,32)/t15-,16+,17-,18-,19+,20+,21+,23+,25+,26-/m1/s1. The van der Waals surface area contributed by atoms with Gasteiger partial charge in [0.1, 0.15) is 6.04 Å². The maximum absolute atomic E-state index is 12.2. The van der Waals surface area contributed by atoms with E-state index in [2.05, 4.69) is 31.4 Å². The first-order valence-electron chi connectivity index (χ1n) is 13.0. The zero-order valence-corrected chi connectivity index (χ0v) is 20.4. The Morgan fingerprint density at radius 1 is 1.09 bits per heavy atom. The lowest BCUT2D eigenvalue weighted by molar-refractivity contribution is -0.161. The number of aliphatic carboxylic acids is 1. The molecule has 4 rings (SSSR count). The van der Waals surface area contributed by atoms with E-state index >= 15 is 0 Å². The molecule has 10 atom stereocenters. The predicted octanol–water partition coefficient (Wildman–Crippen LogP) is 3.43. The molecule has 0 aromatic rings. The number of nitrogens with one attached hydrogen (secondary N) is 2. The van der Waals surface area contributed by atoms with Gasteiger partial charge in [0.2, 0.25) is 5.91 Å². The third kappa shape index (κ3) is 4.00. The molecule has 0 bridgehead atoms. The van der Waals surface area contributed by atoms with Gasteiger partial charge in [-0.2, -0.15) is 0 Å². The van der Waals surface area contributed by atoms with Crippen LogP contribution in [0.4, 0.5) is 0 Å². The van der Waals surface area contributed by atoms with Gasteiger partial charge in [0.05, 0.1) is 6.10 Å². The van der Waals surface area contributed by atoms with E-state index in [1.807, 2.05) is 0 Å². The number of carboxylic acid groups (broad SMARTS) is 1. The van der Waals surface area contributed by atoms with E-state index in [0.717, 1.165) is 25.9 Å². The van der Waals surface area contributed by atoms with Crippen LogP contribution in [0.5, 0.6) is 0 Å². The predicted molar refractivity (Wildman–Crippen MR) is 124 cm³/mol. The number of aliphatic hydroxyl groups is 1. The molecule has 4 aliphatic rings. The zero-order valence-electron chi connectivity index (χ0n) is 20.4. The fraction of sp³-hybridized carbons (Fsp3) is 0.923. The van der Waals surface area contributed by atoms with Crippen LogP contribution in [0.1, 0.15) is 79.1 Å². The van der Waals surface area contributed by atoms with Crippen LogP contribution >= 0.6 is 0 Å². The highest BCUT2D eigenvalue weighted by Crippen LogP contribution is 2.67. The number of hydrogen-bond donors (Lipinski definition) is 4. The molecule has 1 heterocycles. The van der Waals surface area contributed by atoms with Crippen molar-refractivity contribution >= 4 is 11.9 Å². The van der Waals surface area contributed by atoms with Crippen molar-refractivity contribution in [3.8, 4) is 0 Å². The lowest BCUT2D eigenvalue weighted by Gasteiger charge is -2.62. The molecule has 4 fully saturated rings. The lowest BCUT2D eigenvalue weighted by atomic mass is 9.45. The molecule has 3 saturated carbocycles. The first-order chi connectivity index (χ1) is 15.1. The first kappa shape index (κ1) is 24.0. The second-order valence-electron chi connectivity index (χ2n) is 12.1. The molecule has 0 unspecified atom stereocenters. The largest absolute Gasteiger partial charge is 0.480 e. The average molecular weight is 449 g/mol. The van der Waals surface area contributed by atoms with Crippen molar-refractivity contribution in [3.05, 3.63) is 0 Å². The van der Waals surface area contributed by atoms with Gasteiger partial charge in [0.15, 0.2) is 0 Å². The minimum atomic E-state index is -0.995. The maximum atomic E-state index is 12.2. The van der Waals surface area contributed by atoms with E-state index in [1.165, 1.54) is 39.0 Å². The van der Waals surface area contributed by atoms with Crippen LogP contribution in [-0.2, 0) is 9.59 Å². The van der Waals surface area contributed by atoms with E-state index < -0.39 is 12.0 Å². The summed E-state index contributed by atoms with van der Waals surface area (Å²) >= 11 is 0. The number of carbonyl (C=O) groups excluding carboxylic acids is 1. The van der Waals surface area contributed by atoms with Crippen LogP contribution in [-0.4, -0.2) is 47.3 Å². The summed E-state index contributed by atoms with van der Waals surface area (Å²) in [5, 5.41) is 26.5. The monoisotopic (exact) mass is 448 g/mol. The Morgan fingerprint density at radius 2 is 1.81 bits per heavy atom. The highest BCUT2D eigenvalue weighted by atomic mass is 16.4.